The summed E-state index contributed by atoms with van der Waals surface area (Å²) in [7, 11) is 3.40. The molecule has 4 rings (SSSR count). The Balaban J connectivity index is 1.47. The number of carbonyl (C=O) groups excluding carboxylic acids is 2. The molecule has 5 nitrogen and oxygen atoms in total. The first-order chi connectivity index (χ1) is 15.4. The predicted octanol–water partition coefficient (Wildman–Crippen LogP) is 4.96. The molecule has 3 aromatic carbocycles. The van der Waals surface area contributed by atoms with Gasteiger partial charge in [0.05, 0.1) is 18.0 Å². The third kappa shape index (κ3) is 4.92. The number of carbonyl (C=O) groups is 2. The molecule has 0 saturated carbocycles. The van der Waals surface area contributed by atoms with Gasteiger partial charge in [-0.1, -0.05) is 35.9 Å². The summed E-state index contributed by atoms with van der Waals surface area (Å²) in [5.41, 5.74) is 3.42. The van der Waals surface area contributed by atoms with Crippen molar-refractivity contribution in [3.05, 3.63) is 88.4 Å². The van der Waals surface area contributed by atoms with Crippen LogP contribution in [0.5, 0.6) is 5.75 Å². The van der Waals surface area contributed by atoms with Crippen molar-refractivity contribution in [1.29, 1.82) is 0 Å². The predicted molar refractivity (Wildman–Crippen MR) is 129 cm³/mol. The Labute approximate surface area is 196 Å². The van der Waals surface area contributed by atoms with Gasteiger partial charge in [0, 0.05) is 29.1 Å². The molecule has 0 aromatic heterocycles. The van der Waals surface area contributed by atoms with Gasteiger partial charge in [0.15, 0.2) is 0 Å². The van der Waals surface area contributed by atoms with E-state index >= 15 is 0 Å². The Morgan fingerprint density at radius 3 is 2.44 bits per heavy atom. The quantitative estimate of drug-likeness (QED) is 0.558. The van der Waals surface area contributed by atoms with Crippen molar-refractivity contribution >= 4 is 40.9 Å². The molecule has 1 N–H and O–H groups in total. The zero-order chi connectivity index (χ0) is 22.7. The summed E-state index contributed by atoms with van der Waals surface area (Å²) in [5, 5.41) is 3.37. The normalized spacial score (nSPS) is 15.3. The molecule has 0 aliphatic carbocycles. The minimum atomic E-state index is -0.258. The van der Waals surface area contributed by atoms with E-state index in [-0.39, 0.29) is 17.1 Å². The van der Waals surface area contributed by atoms with Crippen molar-refractivity contribution in [2.45, 2.75) is 23.1 Å². The van der Waals surface area contributed by atoms with Gasteiger partial charge < -0.3 is 15.0 Å². The third-order valence-electron chi connectivity index (χ3n) is 5.41. The molecule has 32 heavy (non-hydrogen) atoms. The van der Waals surface area contributed by atoms with Crippen molar-refractivity contribution in [3.63, 3.8) is 0 Å². The Hall–Kier alpha value is -2.96. The number of nitrogens with one attached hydrogen (secondary N) is 1. The van der Waals surface area contributed by atoms with Gasteiger partial charge in [-0.2, -0.15) is 0 Å². The number of rotatable bonds is 6. The fourth-order valence-corrected chi connectivity index (χ4v) is 5.04. The van der Waals surface area contributed by atoms with E-state index in [4.69, 9.17) is 16.3 Å². The topological polar surface area (TPSA) is 58.6 Å². The number of ether oxygens (including phenoxy) is 1. The number of hydrogen-bond donors (Lipinski definition) is 1. The van der Waals surface area contributed by atoms with E-state index < -0.39 is 0 Å². The van der Waals surface area contributed by atoms with Gasteiger partial charge in [-0.25, -0.2) is 0 Å². The minimum Gasteiger partial charge on any atom is -0.497 e. The Bertz CT molecular complexity index is 1130. The smallest absolute Gasteiger partial charge is 0.251 e. The molecule has 2 amide bonds. The summed E-state index contributed by atoms with van der Waals surface area (Å²) >= 11 is 7.47. The number of fused-ring (bicyclic) bond motifs is 1. The molecule has 0 bridgehead atoms. The van der Waals surface area contributed by atoms with Gasteiger partial charge in [-0.15, -0.1) is 11.8 Å². The average Bonchev–Trinajstić information content (AvgIpc) is 2.82. The first-order valence-electron chi connectivity index (χ1n) is 10.2. The second kappa shape index (κ2) is 9.67. The molecular weight excluding hydrogens is 444 g/mol. The van der Waals surface area contributed by atoms with Crippen molar-refractivity contribution < 1.29 is 14.3 Å². The summed E-state index contributed by atoms with van der Waals surface area (Å²) in [6.45, 7) is 0.421. The average molecular weight is 467 g/mol. The number of amides is 2. The highest BCUT2D eigenvalue weighted by atomic mass is 35.5. The number of nitrogens with zero attached hydrogens (tertiary/aromatic N) is 1. The molecule has 7 heteroatoms. The van der Waals surface area contributed by atoms with Crippen LogP contribution in [0.25, 0.3) is 0 Å². The summed E-state index contributed by atoms with van der Waals surface area (Å²) in [5.74, 6) is 0.672. The lowest BCUT2D eigenvalue weighted by Gasteiger charge is -2.31. The molecule has 0 radical (unpaired) electrons. The molecule has 1 atom stereocenters. The summed E-state index contributed by atoms with van der Waals surface area (Å²) < 4.78 is 5.16. The second-order valence-electron chi connectivity index (χ2n) is 7.55. The highest BCUT2D eigenvalue weighted by Gasteiger charge is 2.32. The first kappa shape index (κ1) is 22.2. The Morgan fingerprint density at radius 1 is 1.06 bits per heavy atom. The maximum atomic E-state index is 12.9. The Morgan fingerprint density at radius 2 is 1.75 bits per heavy atom. The molecule has 1 heterocycles. The number of benzene rings is 3. The van der Waals surface area contributed by atoms with E-state index in [2.05, 4.69) is 5.32 Å². The van der Waals surface area contributed by atoms with E-state index in [9.17, 15) is 9.59 Å². The zero-order valence-corrected chi connectivity index (χ0v) is 19.4. The fraction of sp³-hybridized carbons (Fsp3) is 0.200. The monoisotopic (exact) mass is 466 g/mol. The standard InChI is InChI=1S/C25H23ClN2O3S/c1-28-21-12-7-18(24(29)27-15-17-5-10-20(31-2)11-6-17)14-22(21)32-23(25(28)30)13-16-3-8-19(26)9-4-16/h3-12,14,23H,13,15H2,1-2H3,(H,27,29). The minimum absolute atomic E-state index is 0.0501. The molecule has 0 saturated heterocycles. The Kier molecular flexibility index (Phi) is 6.72. The first-order valence-corrected chi connectivity index (χ1v) is 11.4. The lowest BCUT2D eigenvalue weighted by molar-refractivity contribution is -0.117. The van der Waals surface area contributed by atoms with E-state index in [1.54, 1.807) is 25.1 Å². The molecule has 1 aliphatic heterocycles. The van der Waals surface area contributed by atoms with Crippen LogP contribution in [0.2, 0.25) is 5.02 Å². The molecular formula is C25H23ClN2O3S. The fourth-order valence-electron chi connectivity index (χ4n) is 3.56. The molecule has 0 spiro atoms. The molecule has 3 aromatic rings. The number of halogens is 1. The van der Waals surface area contributed by atoms with Gasteiger partial charge >= 0.3 is 0 Å². The van der Waals surface area contributed by atoms with Crippen LogP contribution >= 0.6 is 23.4 Å². The van der Waals surface area contributed by atoms with Crippen LogP contribution in [0.3, 0.4) is 0 Å². The molecule has 164 valence electrons. The molecule has 1 aliphatic rings. The van der Waals surface area contributed by atoms with Gasteiger partial charge in [0.25, 0.3) is 5.91 Å². The number of thioether (sulfide) groups is 1. The van der Waals surface area contributed by atoms with Gasteiger partial charge in [-0.3, -0.25) is 9.59 Å². The molecule has 0 fully saturated rings. The molecule has 1 unspecified atom stereocenters. The van der Waals surface area contributed by atoms with Gasteiger partial charge in [0.2, 0.25) is 5.91 Å². The van der Waals surface area contributed by atoms with Crippen LogP contribution in [0.4, 0.5) is 5.69 Å². The number of hydrogen-bond acceptors (Lipinski definition) is 4. The van der Waals surface area contributed by atoms with E-state index in [1.807, 2.05) is 60.7 Å². The van der Waals surface area contributed by atoms with E-state index in [0.717, 1.165) is 27.5 Å². The number of anilines is 1. The lowest BCUT2D eigenvalue weighted by Crippen LogP contribution is -2.39. The van der Waals surface area contributed by atoms with Gasteiger partial charge in [-0.05, 0) is 60.0 Å². The van der Waals surface area contributed by atoms with Gasteiger partial charge in [0.1, 0.15) is 5.75 Å². The maximum Gasteiger partial charge on any atom is 0.251 e. The SMILES string of the molecule is COc1ccc(CNC(=O)c2ccc3c(c2)SC(Cc2ccc(Cl)cc2)C(=O)N3C)cc1. The number of methoxy groups -OCH3 is 1. The van der Waals surface area contributed by atoms with Crippen LogP contribution in [-0.2, 0) is 17.8 Å². The second-order valence-corrected chi connectivity index (χ2v) is 9.23. The highest BCUT2D eigenvalue weighted by molar-refractivity contribution is 8.01. The van der Waals surface area contributed by atoms with Crippen LogP contribution in [0, 0.1) is 0 Å². The lowest BCUT2D eigenvalue weighted by atomic mass is 10.1. The van der Waals surface area contributed by atoms with Crippen LogP contribution < -0.4 is 15.0 Å². The van der Waals surface area contributed by atoms with E-state index in [1.165, 1.54) is 11.8 Å². The van der Waals surface area contributed by atoms with Crippen LogP contribution in [-0.4, -0.2) is 31.2 Å². The van der Waals surface area contributed by atoms with Crippen LogP contribution in [0.1, 0.15) is 21.5 Å². The van der Waals surface area contributed by atoms with Crippen molar-refractivity contribution in [3.8, 4) is 5.75 Å². The van der Waals surface area contributed by atoms with Crippen molar-refractivity contribution in [2.24, 2.45) is 0 Å². The largest absolute Gasteiger partial charge is 0.497 e. The highest BCUT2D eigenvalue weighted by Crippen LogP contribution is 2.40. The zero-order valence-electron chi connectivity index (χ0n) is 17.8. The van der Waals surface area contributed by atoms with Crippen molar-refractivity contribution in [2.75, 3.05) is 19.1 Å². The van der Waals surface area contributed by atoms with Crippen LogP contribution in [0.15, 0.2) is 71.6 Å². The summed E-state index contributed by atoms with van der Waals surface area (Å²) in [6, 6.07) is 20.6. The maximum absolute atomic E-state index is 12.9. The van der Waals surface area contributed by atoms with E-state index in [0.29, 0.717) is 23.6 Å². The van der Waals surface area contributed by atoms with Crippen molar-refractivity contribution in [1.82, 2.24) is 5.32 Å². The summed E-state index contributed by atoms with van der Waals surface area (Å²) in [4.78, 5) is 28.2. The third-order valence-corrected chi connectivity index (χ3v) is 6.89. The summed E-state index contributed by atoms with van der Waals surface area (Å²) in [6.07, 6.45) is 0.596.